The maximum atomic E-state index is 12.0. The molecular formula is C14H12N2OS. The van der Waals surface area contributed by atoms with E-state index in [0.717, 1.165) is 0 Å². The Bertz CT molecular complexity index is 634. The van der Waals surface area contributed by atoms with E-state index in [1.807, 2.05) is 17.0 Å². The summed E-state index contributed by atoms with van der Waals surface area (Å²) >= 11 is 1.72. The van der Waals surface area contributed by atoms with Gasteiger partial charge in [-0.05, 0) is 23.8 Å². The Morgan fingerprint density at radius 3 is 3.00 bits per heavy atom. The summed E-state index contributed by atoms with van der Waals surface area (Å²) in [4.78, 5) is 14.0. The van der Waals surface area contributed by atoms with Gasteiger partial charge < -0.3 is 9.47 Å². The zero-order valence-corrected chi connectivity index (χ0v) is 10.6. The summed E-state index contributed by atoms with van der Waals surface area (Å²) in [5.41, 5.74) is 3.62. The fourth-order valence-corrected chi connectivity index (χ4v) is 3.95. The Morgan fingerprint density at radius 1 is 1.17 bits per heavy atom. The molecule has 1 aromatic carbocycles. The van der Waals surface area contributed by atoms with Gasteiger partial charge in [-0.25, -0.2) is 0 Å². The zero-order valence-electron chi connectivity index (χ0n) is 9.74. The molecule has 90 valence electrons. The van der Waals surface area contributed by atoms with Crippen LogP contribution in [0.15, 0.2) is 42.6 Å². The highest BCUT2D eigenvalue weighted by atomic mass is 32.2. The highest BCUT2D eigenvalue weighted by Gasteiger charge is 2.36. The van der Waals surface area contributed by atoms with Crippen molar-refractivity contribution in [1.29, 1.82) is 0 Å². The minimum Gasteiger partial charge on any atom is -0.320 e. The maximum Gasteiger partial charge on any atom is 0.234 e. The van der Waals surface area contributed by atoms with Gasteiger partial charge >= 0.3 is 0 Å². The first-order valence-corrected chi connectivity index (χ1v) is 7.06. The lowest BCUT2D eigenvalue weighted by Gasteiger charge is -2.21. The van der Waals surface area contributed by atoms with Crippen molar-refractivity contribution in [3.63, 3.8) is 0 Å². The third-order valence-electron chi connectivity index (χ3n) is 3.59. The summed E-state index contributed by atoms with van der Waals surface area (Å²) < 4.78 is 2.21. The van der Waals surface area contributed by atoms with Crippen LogP contribution in [0, 0.1) is 0 Å². The molecule has 2 aliphatic heterocycles. The molecule has 1 saturated heterocycles. The molecule has 0 saturated carbocycles. The van der Waals surface area contributed by atoms with Gasteiger partial charge in [0.15, 0.2) is 0 Å². The van der Waals surface area contributed by atoms with Crippen LogP contribution in [-0.4, -0.2) is 21.1 Å². The van der Waals surface area contributed by atoms with Crippen LogP contribution < -0.4 is 0 Å². The third-order valence-corrected chi connectivity index (χ3v) is 4.82. The van der Waals surface area contributed by atoms with E-state index >= 15 is 0 Å². The number of amides is 1. The van der Waals surface area contributed by atoms with Crippen molar-refractivity contribution < 1.29 is 4.79 Å². The minimum atomic E-state index is 0.167. The van der Waals surface area contributed by atoms with Gasteiger partial charge in [0, 0.05) is 12.7 Å². The van der Waals surface area contributed by atoms with E-state index < -0.39 is 0 Å². The topological polar surface area (TPSA) is 25.2 Å². The number of rotatable bonds is 0. The number of nitrogens with zero attached hydrogens (tertiary/aromatic N) is 2. The van der Waals surface area contributed by atoms with E-state index in [-0.39, 0.29) is 11.3 Å². The largest absolute Gasteiger partial charge is 0.320 e. The van der Waals surface area contributed by atoms with Gasteiger partial charge in [-0.3, -0.25) is 4.79 Å². The van der Waals surface area contributed by atoms with Gasteiger partial charge in [0.2, 0.25) is 5.91 Å². The Kier molecular flexibility index (Phi) is 2.08. The summed E-state index contributed by atoms with van der Waals surface area (Å²) in [7, 11) is 0. The number of hydrogen-bond acceptors (Lipinski definition) is 2. The number of thioether (sulfide) groups is 1. The molecule has 3 heterocycles. The molecule has 1 aromatic heterocycles. The van der Waals surface area contributed by atoms with Crippen LogP contribution in [0.5, 0.6) is 0 Å². The lowest BCUT2D eigenvalue weighted by Crippen LogP contribution is -2.26. The van der Waals surface area contributed by atoms with Gasteiger partial charge in [0.05, 0.1) is 17.1 Å². The summed E-state index contributed by atoms with van der Waals surface area (Å²) in [5.74, 6) is 0.840. The van der Waals surface area contributed by atoms with Crippen molar-refractivity contribution in [3.05, 3.63) is 53.9 Å². The van der Waals surface area contributed by atoms with Crippen LogP contribution in [0.3, 0.4) is 0 Å². The number of carbonyl (C=O) groups is 1. The van der Waals surface area contributed by atoms with Crippen LogP contribution in [-0.2, 0) is 11.3 Å². The van der Waals surface area contributed by atoms with Gasteiger partial charge in [-0.15, -0.1) is 11.8 Å². The quantitative estimate of drug-likeness (QED) is 0.724. The van der Waals surface area contributed by atoms with Crippen molar-refractivity contribution in [2.45, 2.75) is 11.9 Å². The van der Waals surface area contributed by atoms with Crippen molar-refractivity contribution in [3.8, 4) is 5.69 Å². The molecule has 4 rings (SSSR count). The fraction of sp³-hybridized carbons (Fsp3) is 0.214. The maximum absolute atomic E-state index is 12.0. The molecule has 3 nitrogen and oxygen atoms in total. The minimum absolute atomic E-state index is 0.167. The third kappa shape index (κ3) is 1.29. The van der Waals surface area contributed by atoms with Crippen molar-refractivity contribution in [2.24, 2.45) is 0 Å². The molecule has 0 spiro atoms. The first kappa shape index (κ1) is 10.3. The van der Waals surface area contributed by atoms with E-state index in [4.69, 9.17) is 0 Å². The molecule has 0 radical (unpaired) electrons. The molecule has 1 atom stereocenters. The van der Waals surface area contributed by atoms with Crippen molar-refractivity contribution in [1.82, 2.24) is 9.47 Å². The van der Waals surface area contributed by atoms with E-state index in [0.29, 0.717) is 12.3 Å². The van der Waals surface area contributed by atoms with Crippen LogP contribution in [0.4, 0.5) is 0 Å². The van der Waals surface area contributed by atoms with E-state index in [2.05, 4.69) is 35.0 Å². The van der Waals surface area contributed by atoms with E-state index in [1.165, 1.54) is 16.9 Å². The SMILES string of the molecule is O=C1CS[C@H]2c3cccn3-c3ccccc3CN12. The highest BCUT2D eigenvalue weighted by Crippen LogP contribution is 2.43. The first-order valence-electron chi connectivity index (χ1n) is 6.01. The van der Waals surface area contributed by atoms with Gasteiger partial charge in [-0.2, -0.15) is 0 Å². The Balaban J connectivity index is 1.98. The highest BCUT2D eigenvalue weighted by molar-refractivity contribution is 8.00. The predicted molar refractivity (Wildman–Crippen MR) is 71.5 cm³/mol. The molecular weight excluding hydrogens is 244 g/mol. The molecule has 0 bridgehead atoms. The predicted octanol–water partition coefficient (Wildman–Crippen LogP) is 2.56. The molecule has 0 unspecified atom stereocenters. The summed E-state index contributed by atoms with van der Waals surface area (Å²) in [5, 5.41) is 0.167. The number of hydrogen-bond donors (Lipinski definition) is 0. The molecule has 0 aliphatic carbocycles. The molecule has 1 fully saturated rings. The van der Waals surface area contributed by atoms with Gasteiger partial charge in [-0.1, -0.05) is 18.2 Å². The Hall–Kier alpha value is -1.68. The van der Waals surface area contributed by atoms with Crippen LogP contribution in [0.1, 0.15) is 16.6 Å². The van der Waals surface area contributed by atoms with E-state index in [9.17, 15) is 4.79 Å². The number of benzene rings is 1. The number of carbonyl (C=O) groups excluding carboxylic acids is 1. The number of aromatic nitrogens is 1. The summed E-state index contributed by atoms with van der Waals surface area (Å²) in [6.45, 7) is 0.717. The molecule has 2 aromatic rings. The smallest absolute Gasteiger partial charge is 0.234 e. The number of para-hydroxylation sites is 1. The Morgan fingerprint density at radius 2 is 2.06 bits per heavy atom. The zero-order chi connectivity index (χ0) is 12.1. The van der Waals surface area contributed by atoms with Crippen molar-refractivity contribution in [2.75, 3.05) is 5.75 Å². The monoisotopic (exact) mass is 256 g/mol. The lowest BCUT2D eigenvalue weighted by atomic mass is 10.1. The summed E-state index contributed by atoms with van der Waals surface area (Å²) in [6.07, 6.45) is 2.08. The second-order valence-corrected chi connectivity index (χ2v) is 5.69. The number of fused-ring (bicyclic) bond motifs is 5. The first-order chi connectivity index (χ1) is 8.84. The average molecular weight is 256 g/mol. The normalized spacial score (nSPS) is 21.2. The van der Waals surface area contributed by atoms with E-state index in [1.54, 1.807) is 11.8 Å². The molecule has 1 amide bonds. The van der Waals surface area contributed by atoms with Crippen molar-refractivity contribution >= 4 is 17.7 Å². The second kappa shape index (κ2) is 3.65. The standard InChI is InChI=1S/C14H12N2OS/c17-13-9-18-14-12-6-3-7-15(12)11-5-2-1-4-10(11)8-16(13)14/h1-7,14H,8-9H2/t14-/m0/s1. The van der Waals surface area contributed by atoms with Crippen LogP contribution in [0.2, 0.25) is 0 Å². The van der Waals surface area contributed by atoms with Gasteiger partial charge in [0.1, 0.15) is 5.37 Å². The Labute approximate surface area is 109 Å². The van der Waals surface area contributed by atoms with Crippen LogP contribution >= 0.6 is 11.8 Å². The average Bonchev–Trinajstić information content (AvgIpc) is 2.96. The molecule has 18 heavy (non-hydrogen) atoms. The van der Waals surface area contributed by atoms with Gasteiger partial charge in [0.25, 0.3) is 0 Å². The fourth-order valence-electron chi connectivity index (χ4n) is 2.75. The summed E-state index contributed by atoms with van der Waals surface area (Å²) in [6, 6.07) is 12.5. The molecule has 4 heteroatoms. The van der Waals surface area contributed by atoms with Crippen LogP contribution in [0.25, 0.3) is 5.69 Å². The molecule has 0 N–H and O–H groups in total. The lowest BCUT2D eigenvalue weighted by molar-refractivity contribution is -0.128. The molecule has 2 aliphatic rings. The second-order valence-electron chi connectivity index (χ2n) is 4.62.